The standard InChI is InChI=1S/C11H19N5O2/c1-2-18-11-14-9(12)13-10(15-11)16-6-4-3-5-8(16)7-17/h8,17H,2-7H2,1H3,(H2,12,13,14,15). The van der Waals surface area contributed by atoms with Gasteiger partial charge in [0.1, 0.15) is 0 Å². The molecule has 1 fully saturated rings. The van der Waals surface area contributed by atoms with Crippen molar-refractivity contribution in [2.75, 3.05) is 30.4 Å². The zero-order valence-corrected chi connectivity index (χ0v) is 10.5. The van der Waals surface area contributed by atoms with Gasteiger partial charge in [-0.05, 0) is 26.2 Å². The van der Waals surface area contributed by atoms with E-state index in [1.807, 2.05) is 11.8 Å². The summed E-state index contributed by atoms with van der Waals surface area (Å²) in [5.74, 6) is 0.635. The van der Waals surface area contributed by atoms with Crippen molar-refractivity contribution in [1.29, 1.82) is 0 Å². The Morgan fingerprint density at radius 1 is 1.39 bits per heavy atom. The van der Waals surface area contributed by atoms with Crippen LogP contribution < -0.4 is 15.4 Å². The van der Waals surface area contributed by atoms with E-state index in [0.717, 1.165) is 25.8 Å². The lowest BCUT2D eigenvalue weighted by atomic mass is 10.0. The number of ether oxygens (including phenoxy) is 1. The van der Waals surface area contributed by atoms with Crippen molar-refractivity contribution in [3.05, 3.63) is 0 Å². The van der Waals surface area contributed by atoms with Gasteiger partial charge in [0.2, 0.25) is 11.9 Å². The number of nitrogen functional groups attached to an aromatic ring is 1. The molecule has 1 atom stereocenters. The van der Waals surface area contributed by atoms with Gasteiger partial charge in [0, 0.05) is 6.54 Å². The third-order valence-corrected chi connectivity index (χ3v) is 2.99. The maximum absolute atomic E-state index is 9.39. The smallest absolute Gasteiger partial charge is 0.323 e. The van der Waals surface area contributed by atoms with Crippen LogP contribution in [-0.2, 0) is 0 Å². The molecule has 0 radical (unpaired) electrons. The molecule has 7 heteroatoms. The van der Waals surface area contributed by atoms with Crippen molar-refractivity contribution in [1.82, 2.24) is 15.0 Å². The van der Waals surface area contributed by atoms with Crippen molar-refractivity contribution in [3.63, 3.8) is 0 Å². The maximum atomic E-state index is 9.39. The Labute approximate surface area is 106 Å². The third kappa shape index (κ3) is 2.79. The number of anilines is 2. The van der Waals surface area contributed by atoms with Gasteiger partial charge in [-0.1, -0.05) is 0 Å². The Hall–Kier alpha value is -1.63. The third-order valence-electron chi connectivity index (χ3n) is 2.99. The predicted octanol–water partition coefficient (Wildman–Crippen LogP) is 0.204. The molecule has 0 spiro atoms. The largest absolute Gasteiger partial charge is 0.464 e. The van der Waals surface area contributed by atoms with Crippen molar-refractivity contribution in [2.24, 2.45) is 0 Å². The first-order valence-corrected chi connectivity index (χ1v) is 6.26. The van der Waals surface area contributed by atoms with Gasteiger partial charge in [-0.15, -0.1) is 0 Å². The van der Waals surface area contributed by atoms with Crippen LogP contribution in [0.3, 0.4) is 0 Å². The molecule has 0 aromatic carbocycles. The average Bonchev–Trinajstić information content (AvgIpc) is 2.38. The number of hydrogen-bond acceptors (Lipinski definition) is 7. The first-order valence-electron chi connectivity index (χ1n) is 6.26. The number of aliphatic hydroxyl groups excluding tert-OH is 1. The highest BCUT2D eigenvalue weighted by atomic mass is 16.5. The van der Waals surface area contributed by atoms with Crippen LogP contribution in [-0.4, -0.2) is 45.9 Å². The lowest BCUT2D eigenvalue weighted by molar-refractivity contribution is 0.238. The molecule has 0 saturated carbocycles. The highest BCUT2D eigenvalue weighted by Crippen LogP contribution is 2.23. The topological polar surface area (TPSA) is 97.4 Å². The van der Waals surface area contributed by atoms with Crippen LogP contribution >= 0.6 is 0 Å². The van der Waals surface area contributed by atoms with E-state index in [-0.39, 0.29) is 24.6 Å². The molecule has 3 N–H and O–H groups in total. The quantitative estimate of drug-likeness (QED) is 0.791. The Bertz CT molecular complexity index is 401. The second-order valence-electron chi connectivity index (χ2n) is 4.23. The highest BCUT2D eigenvalue weighted by molar-refractivity contribution is 5.37. The molecule has 0 bridgehead atoms. The van der Waals surface area contributed by atoms with Gasteiger partial charge in [-0.2, -0.15) is 15.0 Å². The highest BCUT2D eigenvalue weighted by Gasteiger charge is 2.24. The molecule has 7 nitrogen and oxygen atoms in total. The minimum absolute atomic E-state index is 0.0510. The van der Waals surface area contributed by atoms with E-state index in [1.54, 1.807) is 0 Å². The number of rotatable bonds is 4. The van der Waals surface area contributed by atoms with Crippen molar-refractivity contribution in [2.45, 2.75) is 32.2 Å². The molecular formula is C11H19N5O2. The van der Waals surface area contributed by atoms with Crippen molar-refractivity contribution >= 4 is 11.9 Å². The van der Waals surface area contributed by atoms with Crippen LogP contribution in [0.2, 0.25) is 0 Å². The van der Waals surface area contributed by atoms with E-state index in [4.69, 9.17) is 10.5 Å². The fraction of sp³-hybridized carbons (Fsp3) is 0.727. The van der Waals surface area contributed by atoms with E-state index in [1.165, 1.54) is 0 Å². The predicted molar refractivity (Wildman–Crippen MR) is 67.5 cm³/mol. The molecule has 1 aromatic rings. The normalized spacial score (nSPS) is 19.9. The van der Waals surface area contributed by atoms with Crippen molar-refractivity contribution < 1.29 is 9.84 Å². The SMILES string of the molecule is CCOc1nc(N)nc(N2CCCCC2CO)n1. The molecule has 1 saturated heterocycles. The van der Waals surface area contributed by atoms with Gasteiger partial charge in [0.25, 0.3) is 0 Å². The Kier molecular flexibility index (Phi) is 4.14. The monoisotopic (exact) mass is 253 g/mol. The van der Waals surface area contributed by atoms with Gasteiger partial charge < -0.3 is 20.5 Å². The van der Waals surface area contributed by atoms with Gasteiger partial charge in [0.05, 0.1) is 19.3 Å². The van der Waals surface area contributed by atoms with E-state index in [0.29, 0.717) is 12.6 Å². The molecule has 0 amide bonds. The van der Waals surface area contributed by atoms with Gasteiger partial charge in [0.15, 0.2) is 0 Å². The average molecular weight is 253 g/mol. The Balaban J connectivity index is 2.24. The molecule has 0 aliphatic carbocycles. The van der Waals surface area contributed by atoms with E-state index in [2.05, 4.69) is 15.0 Å². The zero-order valence-electron chi connectivity index (χ0n) is 10.5. The van der Waals surface area contributed by atoms with Crippen LogP contribution in [0.5, 0.6) is 6.01 Å². The molecule has 1 unspecified atom stereocenters. The zero-order chi connectivity index (χ0) is 13.0. The summed E-state index contributed by atoms with van der Waals surface area (Å²) in [6.07, 6.45) is 3.11. The molecule has 1 aromatic heterocycles. The summed E-state index contributed by atoms with van der Waals surface area (Å²) >= 11 is 0. The molecule has 1 aliphatic rings. The van der Waals surface area contributed by atoms with Crippen LogP contribution in [0.1, 0.15) is 26.2 Å². The number of nitrogens with two attached hydrogens (primary N) is 1. The van der Waals surface area contributed by atoms with Gasteiger partial charge in [-0.25, -0.2) is 0 Å². The van der Waals surface area contributed by atoms with Crippen LogP contribution in [0.15, 0.2) is 0 Å². The summed E-state index contributed by atoms with van der Waals surface area (Å²) in [5.41, 5.74) is 5.65. The fourth-order valence-electron chi connectivity index (χ4n) is 2.14. The summed E-state index contributed by atoms with van der Waals surface area (Å²) in [7, 11) is 0. The Morgan fingerprint density at radius 3 is 2.94 bits per heavy atom. The summed E-state index contributed by atoms with van der Waals surface area (Å²) < 4.78 is 5.26. The number of hydrogen-bond donors (Lipinski definition) is 2. The summed E-state index contributed by atoms with van der Waals surface area (Å²) in [5, 5.41) is 9.39. The Morgan fingerprint density at radius 2 is 2.22 bits per heavy atom. The second-order valence-corrected chi connectivity index (χ2v) is 4.23. The minimum atomic E-state index is 0.0510. The van der Waals surface area contributed by atoms with E-state index < -0.39 is 0 Å². The number of nitrogens with zero attached hydrogens (tertiary/aromatic N) is 4. The molecule has 18 heavy (non-hydrogen) atoms. The van der Waals surface area contributed by atoms with Gasteiger partial charge >= 0.3 is 6.01 Å². The summed E-state index contributed by atoms with van der Waals surface area (Å²) in [6.45, 7) is 3.25. The minimum Gasteiger partial charge on any atom is -0.464 e. The molecule has 100 valence electrons. The number of aromatic nitrogens is 3. The van der Waals surface area contributed by atoms with E-state index in [9.17, 15) is 5.11 Å². The second kappa shape index (κ2) is 5.81. The van der Waals surface area contributed by atoms with Crippen LogP contribution in [0.25, 0.3) is 0 Å². The maximum Gasteiger partial charge on any atom is 0.323 e. The fourth-order valence-corrected chi connectivity index (χ4v) is 2.14. The first kappa shape index (κ1) is 12.8. The first-order chi connectivity index (χ1) is 8.74. The van der Waals surface area contributed by atoms with Crippen LogP contribution in [0.4, 0.5) is 11.9 Å². The molecule has 2 rings (SSSR count). The van der Waals surface area contributed by atoms with Crippen LogP contribution in [0, 0.1) is 0 Å². The van der Waals surface area contributed by atoms with Gasteiger partial charge in [-0.3, -0.25) is 0 Å². The lowest BCUT2D eigenvalue weighted by Gasteiger charge is -2.34. The molecular weight excluding hydrogens is 234 g/mol. The summed E-state index contributed by atoms with van der Waals surface area (Å²) in [4.78, 5) is 14.3. The number of aliphatic hydroxyl groups is 1. The number of piperidine rings is 1. The summed E-state index contributed by atoms with van der Waals surface area (Å²) in [6, 6.07) is 0.289. The van der Waals surface area contributed by atoms with Crippen molar-refractivity contribution in [3.8, 4) is 6.01 Å². The lowest BCUT2D eigenvalue weighted by Crippen LogP contribution is -2.43. The molecule has 1 aliphatic heterocycles. The van der Waals surface area contributed by atoms with E-state index >= 15 is 0 Å². The molecule has 2 heterocycles.